The molecule has 0 radical (unpaired) electrons. The van der Waals surface area contributed by atoms with Crippen molar-refractivity contribution >= 4 is 10.1 Å². The van der Waals surface area contributed by atoms with Crippen molar-refractivity contribution < 1.29 is 64.5 Å². The minimum Gasteiger partial charge on any atom is -0.743 e. The van der Waals surface area contributed by atoms with E-state index in [1.807, 2.05) is 0 Å². The summed E-state index contributed by atoms with van der Waals surface area (Å²) in [4.78, 5) is 0. The van der Waals surface area contributed by atoms with E-state index in [4.69, 9.17) is 0 Å². The van der Waals surface area contributed by atoms with Crippen molar-refractivity contribution in [2.75, 3.05) is 0 Å². The van der Waals surface area contributed by atoms with E-state index in [0.29, 0.717) is 0 Å². The summed E-state index contributed by atoms with van der Waals surface area (Å²) in [6.45, 7) is 0.0269. The van der Waals surface area contributed by atoms with Crippen LogP contribution in [0.4, 0.5) is 22.0 Å². The van der Waals surface area contributed by atoms with E-state index < -0.39 is 27.5 Å². The second kappa shape index (κ2) is 4.60. The molecule has 1 atom stereocenters. The summed E-state index contributed by atoms with van der Waals surface area (Å²) in [5.41, 5.74) is 0. The van der Waals surface area contributed by atoms with Gasteiger partial charge in [-0.25, -0.2) is 12.8 Å². The van der Waals surface area contributed by atoms with Crippen LogP contribution in [-0.4, -0.2) is 30.3 Å². The molecule has 0 heterocycles. The first kappa shape index (κ1) is 17.0. The molecular weight excluding hydrogens is 246 g/mol. The van der Waals surface area contributed by atoms with E-state index >= 15 is 0 Å². The third-order valence-electron chi connectivity index (χ3n) is 1.20. The van der Waals surface area contributed by atoms with Crippen molar-refractivity contribution in [2.24, 2.45) is 0 Å². The van der Waals surface area contributed by atoms with E-state index in [2.05, 4.69) is 0 Å². The third kappa shape index (κ3) is 2.78. The molecule has 0 aromatic rings. The Morgan fingerprint density at radius 3 is 1.57 bits per heavy atom. The zero-order valence-corrected chi connectivity index (χ0v) is 9.92. The zero-order chi connectivity index (χ0) is 11.1. The first-order valence-electron chi connectivity index (χ1n) is 2.79. The Morgan fingerprint density at radius 1 is 1.21 bits per heavy atom. The largest absolute Gasteiger partial charge is 1.00 e. The monoisotopic (exact) mass is 250 g/mol. The molecule has 0 aromatic heterocycles. The number of hydrogen-bond donors (Lipinski definition) is 0. The summed E-state index contributed by atoms with van der Waals surface area (Å²) in [5.74, 6) is -5.52. The molecular formula is C4H4F5NaO3S. The van der Waals surface area contributed by atoms with Crippen LogP contribution >= 0.6 is 0 Å². The van der Waals surface area contributed by atoms with E-state index in [1.165, 1.54) is 0 Å². The minimum atomic E-state index is -6.58. The Morgan fingerprint density at radius 2 is 1.50 bits per heavy atom. The van der Waals surface area contributed by atoms with Gasteiger partial charge < -0.3 is 4.55 Å². The van der Waals surface area contributed by atoms with Crippen LogP contribution in [0, 0.1) is 0 Å². The molecule has 0 saturated carbocycles. The van der Waals surface area contributed by atoms with Gasteiger partial charge in [-0.3, -0.25) is 0 Å². The number of alkyl halides is 5. The fourth-order valence-electron chi connectivity index (χ4n) is 0.398. The van der Waals surface area contributed by atoms with Crippen LogP contribution in [0.3, 0.4) is 0 Å². The molecule has 0 rings (SSSR count). The van der Waals surface area contributed by atoms with Gasteiger partial charge in [0.1, 0.15) is 0 Å². The Kier molecular flexibility index (Phi) is 5.58. The number of halogens is 5. The predicted octanol–water partition coefficient (Wildman–Crippen LogP) is -1.88. The molecule has 0 aromatic carbocycles. The Hall–Kier alpha value is 0.560. The molecule has 0 aliphatic carbocycles. The van der Waals surface area contributed by atoms with Crippen LogP contribution < -0.4 is 29.6 Å². The maximum absolute atomic E-state index is 12.1. The van der Waals surface area contributed by atoms with Gasteiger partial charge in [0.15, 0.2) is 16.3 Å². The smallest absolute Gasteiger partial charge is 0.743 e. The normalized spacial score (nSPS) is 15.9. The number of hydrogen-bond acceptors (Lipinski definition) is 3. The summed E-state index contributed by atoms with van der Waals surface area (Å²) >= 11 is 0. The van der Waals surface area contributed by atoms with Gasteiger partial charge >= 0.3 is 40.7 Å². The molecule has 0 N–H and O–H groups in total. The van der Waals surface area contributed by atoms with Gasteiger partial charge in [-0.15, -0.1) is 0 Å². The molecule has 0 fully saturated rings. The molecule has 0 spiro atoms. The van der Waals surface area contributed by atoms with E-state index in [-0.39, 0.29) is 36.5 Å². The van der Waals surface area contributed by atoms with Gasteiger partial charge in [0.05, 0.1) is 0 Å². The SMILES string of the molecule is CC(F)C(F)(F)C(F)(F)S(=O)(=O)[O-].[Na+]. The van der Waals surface area contributed by atoms with Crippen LogP contribution in [0.2, 0.25) is 0 Å². The molecule has 0 aliphatic heterocycles. The summed E-state index contributed by atoms with van der Waals surface area (Å²) in [6, 6.07) is 0. The van der Waals surface area contributed by atoms with Crippen LogP contribution in [0.5, 0.6) is 0 Å². The fourth-order valence-corrected chi connectivity index (χ4v) is 0.894. The predicted molar refractivity (Wildman–Crippen MR) is 30.2 cm³/mol. The maximum atomic E-state index is 12.1. The van der Waals surface area contributed by atoms with Gasteiger partial charge in [0.2, 0.25) is 0 Å². The van der Waals surface area contributed by atoms with E-state index in [1.54, 1.807) is 0 Å². The van der Waals surface area contributed by atoms with Crippen molar-refractivity contribution in [2.45, 2.75) is 24.3 Å². The summed E-state index contributed by atoms with van der Waals surface area (Å²) in [6.07, 6.45) is -3.44. The molecule has 0 aliphatic rings. The molecule has 0 bridgehead atoms. The molecule has 14 heavy (non-hydrogen) atoms. The number of rotatable bonds is 3. The molecule has 0 amide bonds. The van der Waals surface area contributed by atoms with Gasteiger partial charge in [-0.1, -0.05) is 0 Å². The fraction of sp³-hybridized carbons (Fsp3) is 1.00. The molecule has 3 nitrogen and oxygen atoms in total. The quantitative estimate of drug-likeness (QED) is 0.335. The molecule has 80 valence electrons. The van der Waals surface area contributed by atoms with E-state index in [0.717, 1.165) is 0 Å². The first-order chi connectivity index (χ1) is 5.44. The van der Waals surface area contributed by atoms with Crippen LogP contribution in [0.15, 0.2) is 0 Å². The summed E-state index contributed by atoms with van der Waals surface area (Å²) in [7, 11) is -6.58. The van der Waals surface area contributed by atoms with Gasteiger partial charge in [0.25, 0.3) is 0 Å². The third-order valence-corrected chi connectivity index (χ3v) is 2.10. The van der Waals surface area contributed by atoms with Crippen molar-refractivity contribution in [1.82, 2.24) is 0 Å². The molecule has 1 unspecified atom stereocenters. The Bertz CT molecular complexity index is 287. The topological polar surface area (TPSA) is 57.2 Å². The van der Waals surface area contributed by atoms with Gasteiger partial charge in [-0.05, 0) is 6.92 Å². The molecule has 0 saturated heterocycles. The van der Waals surface area contributed by atoms with Gasteiger partial charge in [-0.2, -0.15) is 17.6 Å². The van der Waals surface area contributed by atoms with Gasteiger partial charge in [0, 0.05) is 0 Å². The standard InChI is InChI=1S/C4H5F5O3S.Na/c1-2(5)3(6,7)4(8,9)13(10,11)12;/h2H,1H3,(H,10,11,12);/q;+1/p-1. The second-order valence-electron chi connectivity index (χ2n) is 2.21. The minimum absolute atomic E-state index is 0. The van der Waals surface area contributed by atoms with Crippen molar-refractivity contribution in [3.63, 3.8) is 0 Å². The van der Waals surface area contributed by atoms with Crippen LogP contribution in [-0.2, 0) is 10.1 Å². The van der Waals surface area contributed by atoms with Crippen LogP contribution in [0.25, 0.3) is 0 Å². The molecule has 10 heteroatoms. The van der Waals surface area contributed by atoms with Crippen LogP contribution in [0.1, 0.15) is 6.92 Å². The first-order valence-corrected chi connectivity index (χ1v) is 4.20. The average molecular weight is 250 g/mol. The Balaban J connectivity index is 0. The van der Waals surface area contributed by atoms with Crippen molar-refractivity contribution in [3.8, 4) is 0 Å². The zero-order valence-electron chi connectivity index (χ0n) is 7.10. The maximum Gasteiger partial charge on any atom is 1.00 e. The van der Waals surface area contributed by atoms with Crippen molar-refractivity contribution in [3.05, 3.63) is 0 Å². The summed E-state index contributed by atoms with van der Waals surface area (Å²) < 4.78 is 89.2. The van der Waals surface area contributed by atoms with E-state index in [9.17, 15) is 34.9 Å². The average Bonchev–Trinajstić information content (AvgIpc) is 1.84. The van der Waals surface area contributed by atoms with Crippen molar-refractivity contribution in [1.29, 1.82) is 0 Å². The second-order valence-corrected chi connectivity index (χ2v) is 3.63. The Labute approximate surface area is 98.7 Å². The summed E-state index contributed by atoms with van der Waals surface area (Å²) in [5, 5.41) is -5.94.